The van der Waals surface area contributed by atoms with E-state index in [2.05, 4.69) is 15.5 Å². The molecule has 0 fully saturated rings. The number of ether oxygens (including phenoxy) is 2. The maximum absolute atomic E-state index is 13.7. The van der Waals surface area contributed by atoms with Crippen molar-refractivity contribution in [3.05, 3.63) is 64.2 Å². The molecule has 0 aliphatic carbocycles. The van der Waals surface area contributed by atoms with Gasteiger partial charge in [-0.05, 0) is 29.8 Å². The van der Waals surface area contributed by atoms with Crippen LogP contribution in [-0.2, 0) is 6.42 Å². The molecule has 0 bridgehead atoms. The Balaban J connectivity index is 1.70. The molecule has 0 aliphatic rings. The van der Waals surface area contributed by atoms with Crippen molar-refractivity contribution < 1.29 is 23.0 Å². The van der Waals surface area contributed by atoms with Crippen LogP contribution in [0.1, 0.15) is 20.9 Å². The lowest BCUT2D eigenvalue weighted by atomic mass is 10.1. The molecule has 1 amide bonds. The molecule has 0 aliphatic heterocycles. The van der Waals surface area contributed by atoms with Crippen molar-refractivity contribution in [2.24, 2.45) is 0 Å². The summed E-state index contributed by atoms with van der Waals surface area (Å²) in [7, 11) is 3.11. The number of rotatable bonds is 6. The summed E-state index contributed by atoms with van der Waals surface area (Å²) in [6.45, 7) is 0. The van der Waals surface area contributed by atoms with Crippen molar-refractivity contribution in [3.63, 3.8) is 0 Å². The van der Waals surface area contributed by atoms with Crippen LogP contribution in [0.3, 0.4) is 0 Å². The van der Waals surface area contributed by atoms with Crippen LogP contribution >= 0.6 is 11.3 Å². The van der Waals surface area contributed by atoms with E-state index in [0.29, 0.717) is 29.0 Å². The van der Waals surface area contributed by atoms with Crippen LogP contribution in [0.2, 0.25) is 0 Å². The third kappa shape index (κ3) is 4.37. The first-order valence-electron chi connectivity index (χ1n) is 7.80. The van der Waals surface area contributed by atoms with Crippen molar-refractivity contribution in [3.8, 4) is 11.5 Å². The number of hydrogen-bond donors (Lipinski definition) is 1. The lowest BCUT2D eigenvalue weighted by molar-refractivity contribution is 0.102. The second-order valence-corrected chi connectivity index (χ2v) is 6.51. The number of anilines is 1. The molecule has 3 rings (SSSR count). The smallest absolute Gasteiger partial charge is 0.260 e. The number of carbonyl (C=O) groups is 1. The molecule has 6 nitrogen and oxygen atoms in total. The second-order valence-electron chi connectivity index (χ2n) is 5.45. The molecule has 3 aromatic rings. The summed E-state index contributed by atoms with van der Waals surface area (Å²) < 4.78 is 37.1. The summed E-state index contributed by atoms with van der Waals surface area (Å²) in [4.78, 5) is 12.1. The van der Waals surface area contributed by atoms with Gasteiger partial charge in [0, 0.05) is 12.5 Å². The number of halogens is 2. The van der Waals surface area contributed by atoms with E-state index in [0.717, 1.165) is 29.0 Å². The van der Waals surface area contributed by atoms with Crippen LogP contribution in [0.5, 0.6) is 11.5 Å². The van der Waals surface area contributed by atoms with Gasteiger partial charge in [0.05, 0.1) is 19.8 Å². The molecule has 140 valence electrons. The van der Waals surface area contributed by atoms with Crippen LogP contribution in [0.4, 0.5) is 13.9 Å². The molecule has 9 heteroatoms. The predicted octanol–water partition coefficient (Wildman–Crippen LogP) is 3.68. The Labute approximate surface area is 157 Å². The van der Waals surface area contributed by atoms with E-state index < -0.39 is 17.5 Å². The third-order valence-electron chi connectivity index (χ3n) is 3.67. The SMILES string of the molecule is COc1ccc(Cc2nnc(NC(=O)c3ccc(F)cc3F)s2)cc1OC. The van der Waals surface area contributed by atoms with Crippen molar-refractivity contribution in [1.82, 2.24) is 10.2 Å². The fourth-order valence-electron chi connectivity index (χ4n) is 2.38. The maximum atomic E-state index is 13.7. The first-order valence-corrected chi connectivity index (χ1v) is 8.61. The van der Waals surface area contributed by atoms with Crippen LogP contribution in [0.25, 0.3) is 0 Å². The number of nitrogens with zero attached hydrogens (tertiary/aromatic N) is 2. The van der Waals surface area contributed by atoms with Crippen LogP contribution < -0.4 is 14.8 Å². The Hall–Kier alpha value is -3.07. The van der Waals surface area contributed by atoms with Crippen LogP contribution in [-0.4, -0.2) is 30.3 Å². The minimum atomic E-state index is -0.942. The van der Waals surface area contributed by atoms with Gasteiger partial charge in [0.2, 0.25) is 5.13 Å². The van der Waals surface area contributed by atoms with Gasteiger partial charge in [-0.15, -0.1) is 10.2 Å². The largest absolute Gasteiger partial charge is 0.493 e. The summed E-state index contributed by atoms with van der Waals surface area (Å²) in [5.41, 5.74) is 0.652. The summed E-state index contributed by atoms with van der Waals surface area (Å²) in [5.74, 6) is -1.20. The Bertz CT molecular complexity index is 978. The number of methoxy groups -OCH3 is 2. The fraction of sp³-hybridized carbons (Fsp3) is 0.167. The molecule has 1 aromatic heterocycles. The molecule has 0 saturated heterocycles. The zero-order valence-electron chi connectivity index (χ0n) is 14.5. The summed E-state index contributed by atoms with van der Waals surface area (Å²) in [6.07, 6.45) is 0.471. The highest BCUT2D eigenvalue weighted by Gasteiger charge is 2.15. The van der Waals surface area contributed by atoms with Gasteiger partial charge in [-0.2, -0.15) is 0 Å². The summed E-state index contributed by atoms with van der Waals surface area (Å²) in [5, 5.41) is 11.2. The minimum absolute atomic E-state index is 0.221. The van der Waals surface area contributed by atoms with Gasteiger partial charge >= 0.3 is 0 Å². The summed E-state index contributed by atoms with van der Waals surface area (Å²) >= 11 is 1.16. The number of aromatic nitrogens is 2. The second kappa shape index (κ2) is 8.09. The van der Waals surface area contributed by atoms with Gasteiger partial charge < -0.3 is 9.47 Å². The zero-order chi connectivity index (χ0) is 19.4. The number of carbonyl (C=O) groups excluding carboxylic acids is 1. The molecule has 0 unspecified atom stereocenters. The van der Waals surface area contributed by atoms with Crippen molar-refractivity contribution in [2.75, 3.05) is 19.5 Å². The van der Waals surface area contributed by atoms with Crippen molar-refractivity contribution in [2.45, 2.75) is 6.42 Å². The highest BCUT2D eigenvalue weighted by Crippen LogP contribution is 2.29. The lowest BCUT2D eigenvalue weighted by Crippen LogP contribution is -2.13. The van der Waals surface area contributed by atoms with Crippen LogP contribution in [0, 0.1) is 11.6 Å². The van der Waals surface area contributed by atoms with Gasteiger partial charge in [0.15, 0.2) is 11.5 Å². The quantitative estimate of drug-likeness (QED) is 0.694. The third-order valence-corrected chi connectivity index (χ3v) is 4.51. The monoisotopic (exact) mass is 391 g/mol. The lowest BCUT2D eigenvalue weighted by Gasteiger charge is -2.08. The normalized spacial score (nSPS) is 10.5. The van der Waals surface area contributed by atoms with E-state index in [9.17, 15) is 13.6 Å². The number of amides is 1. The van der Waals surface area contributed by atoms with Gasteiger partial charge in [-0.25, -0.2) is 8.78 Å². The highest BCUT2D eigenvalue weighted by atomic mass is 32.1. The standard InChI is InChI=1S/C18H15F2N3O3S/c1-25-14-6-3-10(7-15(14)26-2)8-16-22-23-18(27-16)21-17(24)12-5-4-11(19)9-13(12)20/h3-7,9H,8H2,1-2H3,(H,21,23,24). The van der Waals surface area contributed by atoms with Crippen LogP contribution in [0.15, 0.2) is 36.4 Å². The fourth-order valence-corrected chi connectivity index (χ4v) is 3.15. The number of nitrogens with one attached hydrogen (secondary N) is 1. The van der Waals surface area contributed by atoms with Crippen molar-refractivity contribution >= 4 is 22.4 Å². The average molecular weight is 391 g/mol. The van der Waals surface area contributed by atoms with E-state index in [4.69, 9.17) is 9.47 Å². The number of hydrogen-bond acceptors (Lipinski definition) is 6. The van der Waals surface area contributed by atoms with Gasteiger partial charge in [-0.3, -0.25) is 10.1 Å². The minimum Gasteiger partial charge on any atom is -0.493 e. The van der Waals surface area contributed by atoms with Gasteiger partial charge in [-0.1, -0.05) is 17.4 Å². The Morgan fingerprint density at radius 1 is 1.07 bits per heavy atom. The van der Waals surface area contributed by atoms with E-state index in [1.165, 1.54) is 0 Å². The Kier molecular flexibility index (Phi) is 5.60. The molecule has 0 saturated carbocycles. The molecular weight excluding hydrogens is 376 g/mol. The molecule has 2 aromatic carbocycles. The summed E-state index contributed by atoms with van der Waals surface area (Å²) in [6, 6.07) is 8.22. The molecule has 0 radical (unpaired) electrons. The topological polar surface area (TPSA) is 73.3 Å². The van der Waals surface area contributed by atoms with E-state index >= 15 is 0 Å². The first kappa shape index (κ1) is 18.7. The van der Waals surface area contributed by atoms with E-state index in [1.807, 2.05) is 12.1 Å². The Morgan fingerprint density at radius 3 is 2.56 bits per heavy atom. The predicted molar refractivity (Wildman–Crippen MR) is 96.6 cm³/mol. The van der Waals surface area contributed by atoms with Gasteiger partial charge in [0.1, 0.15) is 16.6 Å². The Morgan fingerprint density at radius 2 is 1.85 bits per heavy atom. The average Bonchev–Trinajstić information content (AvgIpc) is 3.08. The zero-order valence-corrected chi connectivity index (χ0v) is 15.3. The van der Waals surface area contributed by atoms with E-state index in [1.54, 1.807) is 20.3 Å². The molecule has 0 atom stereocenters. The molecule has 1 N–H and O–H groups in total. The molecule has 0 spiro atoms. The van der Waals surface area contributed by atoms with Gasteiger partial charge in [0.25, 0.3) is 5.91 Å². The maximum Gasteiger partial charge on any atom is 0.260 e. The van der Waals surface area contributed by atoms with E-state index in [-0.39, 0.29) is 10.7 Å². The first-order chi connectivity index (χ1) is 13.0. The molecule has 1 heterocycles. The highest BCUT2D eigenvalue weighted by molar-refractivity contribution is 7.15. The molecule has 27 heavy (non-hydrogen) atoms. The molecular formula is C18H15F2N3O3S. The van der Waals surface area contributed by atoms with Crippen molar-refractivity contribution in [1.29, 1.82) is 0 Å². The number of benzene rings is 2.